The number of carbonyl (C=O) groups excluding carboxylic acids is 1. The molecular weight excluding hydrogens is 402 g/mol. The predicted molar refractivity (Wildman–Crippen MR) is 106 cm³/mol. The van der Waals surface area contributed by atoms with Crippen molar-refractivity contribution >= 4 is 27.5 Å². The first-order valence-electron chi connectivity index (χ1n) is 9.04. The number of ether oxygens (including phenoxy) is 1. The SMILES string of the molecule is O=C(NCCc1ccccn1)c1ccc(Cl)c(S(=O)(=O)NCC2CCCO2)c1. The number of nitrogens with zero attached hydrogens (tertiary/aromatic N) is 1. The highest BCUT2D eigenvalue weighted by Crippen LogP contribution is 2.23. The molecule has 0 aliphatic carbocycles. The van der Waals surface area contributed by atoms with Gasteiger partial charge in [-0.1, -0.05) is 17.7 Å². The number of sulfonamides is 1. The molecule has 1 aliphatic heterocycles. The minimum absolute atomic E-state index is 0.0601. The van der Waals surface area contributed by atoms with E-state index in [1.807, 2.05) is 18.2 Å². The summed E-state index contributed by atoms with van der Waals surface area (Å²) in [4.78, 5) is 16.5. The van der Waals surface area contributed by atoms with Gasteiger partial charge in [-0.3, -0.25) is 9.78 Å². The fourth-order valence-electron chi connectivity index (χ4n) is 2.89. The Balaban J connectivity index is 1.63. The average molecular weight is 424 g/mol. The molecule has 2 N–H and O–H groups in total. The Hall–Kier alpha value is -2.00. The van der Waals surface area contributed by atoms with Gasteiger partial charge in [0, 0.05) is 43.6 Å². The summed E-state index contributed by atoms with van der Waals surface area (Å²) < 4.78 is 33.1. The Labute approximate surface area is 169 Å². The van der Waals surface area contributed by atoms with Gasteiger partial charge >= 0.3 is 0 Å². The van der Waals surface area contributed by atoms with Crippen molar-refractivity contribution in [2.24, 2.45) is 0 Å². The minimum Gasteiger partial charge on any atom is -0.377 e. The maximum Gasteiger partial charge on any atom is 0.251 e. The summed E-state index contributed by atoms with van der Waals surface area (Å²) in [5, 5.41) is 2.83. The molecule has 1 unspecified atom stereocenters. The Bertz CT molecular complexity index is 916. The van der Waals surface area contributed by atoms with E-state index in [-0.39, 0.29) is 34.0 Å². The van der Waals surface area contributed by atoms with Gasteiger partial charge in [0.2, 0.25) is 10.0 Å². The third kappa shape index (κ3) is 5.51. The van der Waals surface area contributed by atoms with Gasteiger partial charge in [-0.25, -0.2) is 13.1 Å². The number of hydrogen-bond donors (Lipinski definition) is 2. The molecule has 2 aromatic rings. The summed E-state index contributed by atoms with van der Waals surface area (Å²) in [6.07, 6.45) is 3.87. The van der Waals surface area contributed by atoms with Gasteiger partial charge in [0.05, 0.1) is 11.1 Å². The Morgan fingerprint density at radius 2 is 2.14 bits per heavy atom. The van der Waals surface area contributed by atoms with Crippen LogP contribution in [0.2, 0.25) is 5.02 Å². The van der Waals surface area contributed by atoms with Crippen molar-refractivity contribution in [3.05, 3.63) is 58.9 Å². The summed E-state index contributed by atoms with van der Waals surface area (Å²) >= 11 is 6.07. The second-order valence-electron chi connectivity index (χ2n) is 6.46. The zero-order valence-electron chi connectivity index (χ0n) is 15.2. The van der Waals surface area contributed by atoms with Crippen LogP contribution in [0.1, 0.15) is 28.9 Å². The van der Waals surface area contributed by atoms with E-state index in [4.69, 9.17) is 16.3 Å². The van der Waals surface area contributed by atoms with Crippen molar-refractivity contribution in [3.8, 4) is 0 Å². The van der Waals surface area contributed by atoms with Crippen LogP contribution in [-0.4, -0.2) is 45.1 Å². The van der Waals surface area contributed by atoms with Gasteiger partial charge in [0.25, 0.3) is 5.91 Å². The summed E-state index contributed by atoms with van der Waals surface area (Å²) in [6.45, 7) is 1.21. The van der Waals surface area contributed by atoms with Crippen LogP contribution in [0.5, 0.6) is 0 Å². The number of benzene rings is 1. The van der Waals surface area contributed by atoms with Crippen molar-refractivity contribution in [2.45, 2.75) is 30.3 Å². The molecule has 9 heteroatoms. The number of amides is 1. The van der Waals surface area contributed by atoms with Crippen molar-refractivity contribution in [3.63, 3.8) is 0 Å². The Morgan fingerprint density at radius 3 is 2.86 bits per heavy atom. The van der Waals surface area contributed by atoms with E-state index in [0.717, 1.165) is 18.5 Å². The highest BCUT2D eigenvalue weighted by Gasteiger charge is 2.23. The molecule has 0 spiro atoms. The highest BCUT2D eigenvalue weighted by atomic mass is 35.5. The highest BCUT2D eigenvalue weighted by molar-refractivity contribution is 7.89. The normalized spacial score (nSPS) is 16.8. The molecule has 1 aromatic heterocycles. The fourth-order valence-corrected chi connectivity index (χ4v) is 4.48. The van der Waals surface area contributed by atoms with Gasteiger partial charge < -0.3 is 10.1 Å². The van der Waals surface area contributed by atoms with Crippen LogP contribution in [0.3, 0.4) is 0 Å². The molecule has 1 atom stereocenters. The zero-order chi connectivity index (χ0) is 20.0. The van der Waals surface area contributed by atoms with E-state index >= 15 is 0 Å². The number of carbonyl (C=O) groups is 1. The smallest absolute Gasteiger partial charge is 0.251 e. The summed E-state index contributed by atoms with van der Waals surface area (Å²) in [5.41, 5.74) is 1.09. The van der Waals surface area contributed by atoms with Gasteiger partial charge in [-0.2, -0.15) is 0 Å². The Morgan fingerprint density at radius 1 is 1.29 bits per heavy atom. The lowest BCUT2D eigenvalue weighted by Crippen LogP contribution is -2.32. The van der Waals surface area contributed by atoms with Crippen molar-refractivity contribution in [2.75, 3.05) is 19.7 Å². The van der Waals surface area contributed by atoms with E-state index in [1.54, 1.807) is 6.20 Å². The molecule has 150 valence electrons. The summed E-state index contributed by atoms with van der Waals surface area (Å²) in [5.74, 6) is -0.372. The van der Waals surface area contributed by atoms with E-state index in [2.05, 4.69) is 15.0 Å². The molecule has 0 bridgehead atoms. The van der Waals surface area contributed by atoms with Crippen LogP contribution in [-0.2, 0) is 21.2 Å². The minimum atomic E-state index is -3.85. The van der Waals surface area contributed by atoms with Gasteiger partial charge in [0.1, 0.15) is 4.90 Å². The van der Waals surface area contributed by atoms with Crippen LogP contribution in [0.25, 0.3) is 0 Å². The summed E-state index contributed by atoms with van der Waals surface area (Å²) in [6, 6.07) is 9.78. The van der Waals surface area contributed by atoms with Crippen LogP contribution < -0.4 is 10.0 Å². The average Bonchev–Trinajstić information content (AvgIpc) is 3.21. The largest absolute Gasteiger partial charge is 0.377 e. The standard InChI is InChI=1S/C19H22ClN3O4S/c20-17-7-6-14(19(24)22-10-8-15-4-1-2-9-21-15)12-18(17)28(25,26)23-13-16-5-3-11-27-16/h1-2,4,6-7,9,12,16,23H,3,5,8,10-11,13H2,(H,22,24). The zero-order valence-corrected chi connectivity index (χ0v) is 16.8. The fraction of sp³-hybridized carbons (Fsp3) is 0.368. The van der Waals surface area contributed by atoms with Crippen LogP contribution in [0.4, 0.5) is 0 Å². The third-order valence-corrected chi connectivity index (χ3v) is 6.31. The first-order valence-corrected chi connectivity index (χ1v) is 10.9. The van der Waals surface area contributed by atoms with Crippen LogP contribution in [0, 0.1) is 0 Å². The number of nitrogens with one attached hydrogen (secondary N) is 2. The number of rotatable bonds is 8. The van der Waals surface area contributed by atoms with Crippen molar-refractivity contribution < 1.29 is 17.9 Å². The maximum absolute atomic E-state index is 12.6. The molecule has 3 rings (SSSR count). The molecule has 2 heterocycles. The van der Waals surface area contributed by atoms with E-state index in [1.165, 1.54) is 18.2 Å². The second-order valence-corrected chi connectivity index (χ2v) is 8.60. The summed E-state index contributed by atoms with van der Waals surface area (Å²) in [7, 11) is -3.85. The van der Waals surface area contributed by atoms with Crippen LogP contribution >= 0.6 is 11.6 Å². The molecule has 1 saturated heterocycles. The molecular formula is C19H22ClN3O4S. The van der Waals surface area contributed by atoms with Gasteiger partial charge in [-0.05, 0) is 43.2 Å². The molecule has 7 nitrogen and oxygen atoms in total. The maximum atomic E-state index is 12.6. The molecule has 0 radical (unpaired) electrons. The first kappa shape index (κ1) is 20.7. The number of hydrogen-bond acceptors (Lipinski definition) is 5. The van der Waals surface area contributed by atoms with Gasteiger partial charge in [0.15, 0.2) is 0 Å². The van der Waals surface area contributed by atoms with E-state index in [9.17, 15) is 13.2 Å². The number of pyridine rings is 1. The lowest BCUT2D eigenvalue weighted by molar-refractivity contribution is 0.0954. The lowest BCUT2D eigenvalue weighted by atomic mass is 10.2. The van der Waals surface area contributed by atoms with E-state index in [0.29, 0.717) is 19.6 Å². The molecule has 28 heavy (non-hydrogen) atoms. The number of aromatic nitrogens is 1. The topological polar surface area (TPSA) is 97.4 Å². The van der Waals surface area contributed by atoms with E-state index < -0.39 is 10.0 Å². The predicted octanol–water partition coefficient (Wildman–Crippen LogP) is 2.16. The van der Waals surface area contributed by atoms with Crippen molar-refractivity contribution in [1.82, 2.24) is 15.0 Å². The van der Waals surface area contributed by atoms with Crippen molar-refractivity contribution in [1.29, 1.82) is 0 Å². The Kier molecular flexibility index (Phi) is 7.01. The first-order chi connectivity index (χ1) is 13.5. The molecule has 1 aromatic carbocycles. The molecule has 0 saturated carbocycles. The molecule has 1 amide bonds. The molecule has 1 aliphatic rings. The molecule has 1 fully saturated rings. The lowest BCUT2D eigenvalue weighted by Gasteiger charge is -2.13. The van der Waals surface area contributed by atoms with Gasteiger partial charge in [-0.15, -0.1) is 0 Å². The monoisotopic (exact) mass is 423 g/mol. The third-order valence-electron chi connectivity index (χ3n) is 4.40. The quantitative estimate of drug-likeness (QED) is 0.678. The second kappa shape index (κ2) is 9.47. The van der Waals surface area contributed by atoms with Crippen LogP contribution in [0.15, 0.2) is 47.5 Å². The number of halogens is 1.